The van der Waals surface area contributed by atoms with E-state index in [0.29, 0.717) is 5.39 Å². The minimum absolute atomic E-state index is 0.0381. The minimum atomic E-state index is -0.0603. The Morgan fingerprint density at radius 3 is 2.45 bits per heavy atom. The van der Waals surface area contributed by atoms with E-state index in [4.69, 9.17) is 0 Å². The Morgan fingerprint density at radius 1 is 1.00 bits per heavy atom. The molecule has 0 heterocycles. The van der Waals surface area contributed by atoms with Gasteiger partial charge in [-0.15, -0.1) is 0 Å². The van der Waals surface area contributed by atoms with Crippen molar-refractivity contribution in [1.29, 1.82) is 0 Å². The van der Waals surface area contributed by atoms with Crippen LogP contribution in [0.2, 0.25) is 0 Å². The van der Waals surface area contributed by atoms with E-state index in [1.807, 2.05) is 24.3 Å². The van der Waals surface area contributed by atoms with E-state index < -0.39 is 0 Å². The van der Waals surface area contributed by atoms with Gasteiger partial charge in [-0.2, -0.15) is 0 Å². The zero-order chi connectivity index (χ0) is 13.9. The smallest absolute Gasteiger partial charge is 0.165 e. The molecule has 0 aromatic heterocycles. The topological polar surface area (TPSA) is 52.5 Å². The average molecular weight is 271 g/mol. The standard InChI is InChI=1S/C17H21NO2/c19-16-10-15(18-11-12-6-2-1-3-7-12)13-8-4-5-9-14(13)17(16)20/h4-5,8-10,12,18-20H,1-3,6-7,11H2. The van der Waals surface area contributed by atoms with Crippen molar-refractivity contribution in [3.63, 3.8) is 0 Å². The summed E-state index contributed by atoms with van der Waals surface area (Å²) in [6.45, 7) is 0.939. The number of phenolic OH excluding ortho intramolecular Hbond substituents is 2. The molecule has 106 valence electrons. The Bertz CT molecular complexity index is 603. The minimum Gasteiger partial charge on any atom is -0.504 e. The van der Waals surface area contributed by atoms with Crippen LogP contribution in [0.5, 0.6) is 11.5 Å². The largest absolute Gasteiger partial charge is 0.504 e. The maximum atomic E-state index is 9.92. The molecule has 2 aromatic carbocycles. The molecule has 0 amide bonds. The highest BCUT2D eigenvalue weighted by molar-refractivity contribution is 5.99. The maximum Gasteiger partial charge on any atom is 0.165 e. The summed E-state index contributed by atoms with van der Waals surface area (Å²) in [5.41, 5.74) is 0.904. The number of nitrogens with one attached hydrogen (secondary N) is 1. The fraction of sp³-hybridized carbons (Fsp3) is 0.412. The van der Waals surface area contributed by atoms with Gasteiger partial charge in [0.1, 0.15) is 0 Å². The van der Waals surface area contributed by atoms with Crippen molar-refractivity contribution < 1.29 is 10.2 Å². The Balaban J connectivity index is 1.85. The molecule has 0 radical (unpaired) electrons. The Labute approximate surface area is 119 Å². The molecule has 20 heavy (non-hydrogen) atoms. The quantitative estimate of drug-likeness (QED) is 0.578. The predicted octanol–water partition coefficient (Wildman–Crippen LogP) is 4.24. The van der Waals surface area contributed by atoms with Gasteiger partial charge in [-0.3, -0.25) is 0 Å². The first kappa shape index (κ1) is 13.1. The second kappa shape index (κ2) is 5.61. The number of phenols is 2. The highest BCUT2D eigenvalue weighted by atomic mass is 16.3. The average Bonchev–Trinajstić information content (AvgIpc) is 2.50. The SMILES string of the molecule is Oc1cc(NCC2CCCCC2)c2ccccc2c1O. The molecule has 0 unspecified atom stereocenters. The van der Waals surface area contributed by atoms with Crippen LogP contribution in [0.3, 0.4) is 0 Å². The van der Waals surface area contributed by atoms with Crippen molar-refractivity contribution in [2.45, 2.75) is 32.1 Å². The van der Waals surface area contributed by atoms with Crippen LogP contribution in [-0.4, -0.2) is 16.8 Å². The highest BCUT2D eigenvalue weighted by Crippen LogP contribution is 2.38. The zero-order valence-corrected chi connectivity index (χ0v) is 11.6. The lowest BCUT2D eigenvalue weighted by atomic mass is 9.89. The summed E-state index contributed by atoms with van der Waals surface area (Å²) >= 11 is 0. The predicted molar refractivity (Wildman–Crippen MR) is 82.3 cm³/mol. The van der Waals surface area contributed by atoms with Crippen molar-refractivity contribution in [1.82, 2.24) is 0 Å². The second-order valence-electron chi connectivity index (χ2n) is 5.72. The number of rotatable bonds is 3. The molecule has 1 saturated carbocycles. The summed E-state index contributed by atoms with van der Waals surface area (Å²) in [6.07, 6.45) is 6.59. The van der Waals surface area contributed by atoms with E-state index >= 15 is 0 Å². The summed E-state index contributed by atoms with van der Waals surface area (Å²) in [7, 11) is 0. The fourth-order valence-electron chi connectivity index (χ4n) is 3.14. The first-order valence-corrected chi connectivity index (χ1v) is 7.43. The molecule has 2 aromatic rings. The molecule has 3 nitrogen and oxygen atoms in total. The van der Waals surface area contributed by atoms with Crippen LogP contribution in [0, 0.1) is 5.92 Å². The molecule has 0 aliphatic heterocycles. The van der Waals surface area contributed by atoms with Gasteiger partial charge in [-0.1, -0.05) is 43.5 Å². The first-order valence-electron chi connectivity index (χ1n) is 7.43. The Hall–Kier alpha value is -1.90. The lowest BCUT2D eigenvalue weighted by Crippen LogP contribution is -2.17. The van der Waals surface area contributed by atoms with Gasteiger partial charge in [0.25, 0.3) is 0 Å². The highest BCUT2D eigenvalue weighted by Gasteiger charge is 2.15. The van der Waals surface area contributed by atoms with Crippen molar-refractivity contribution in [2.75, 3.05) is 11.9 Å². The molecule has 0 spiro atoms. The van der Waals surface area contributed by atoms with Crippen LogP contribution < -0.4 is 5.32 Å². The number of fused-ring (bicyclic) bond motifs is 1. The first-order chi connectivity index (χ1) is 9.75. The molecule has 3 rings (SSSR count). The van der Waals surface area contributed by atoms with Crippen LogP contribution in [0.1, 0.15) is 32.1 Å². The molecular weight excluding hydrogens is 250 g/mol. The molecule has 0 saturated heterocycles. The molecule has 0 bridgehead atoms. The van der Waals surface area contributed by atoms with E-state index in [2.05, 4.69) is 5.32 Å². The number of aromatic hydroxyl groups is 2. The molecular formula is C17H21NO2. The summed E-state index contributed by atoms with van der Waals surface area (Å²) in [5, 5.41) is 24.9. The van der Waals surface area contributed by atoms with Crippen LogP contribution >= 0.6 is 0 Å². The monoisotopic (exact) mass is 271 g/mol. The summed E-state index contributed by atoms with van der Waals surface area (Å²) in [4.78, 5) is 0. The van der Waals surface area contributed by atoms with Crippen LogP contribution in [0.4, 0.5) is 5.69 Å². The zero-order valence-electron chi connectivity index (χ0n) is 11.6. The van der Waals surface area contributed by atoms with Gasteiger partial charge in [0, 0.05) is 29.1 Å². The summed E-state index contributed by atoms with van der Waals surface area (Å²) < 4.78 is 0. The van der Waals surface area contributed by atoms with Gasteiger partial charge < -0.3 is 15.5 Å². The van der Waals surface area contributed by atoms with E-state index in [1.165, 1.54) is 32.1 Å². The Kier molecular flexibility index (Phi) is 3.68. The third-order valence-electron chi connectivity index (χ3n) is 4.30. The normalized spacial score (nSPS) is 16.4. The number of hydrogen-bond acceptors (Lipinski definition) is 3. The third kappa shape index (κ3) is 2.53. The van der Waals surface area contributed by atoms with Crippen LogP contribution in [0.25, 0.3) is 10.8 Å². The van der Waals surface area contributed by atoms with Crippen molar-refractivity contribution >= 4 is 16.5 Å². The Morgan fingerprint density at radius 2 is 1.70 bits per heavy atom. The van der Waals surface area contributed by atoms with Crippen molar-refractivity contribution in [2.24, 2.45) is 5.92 Å². The maximum absolute atomic E-state index is 9.92. The number of hydrogen-bond donors (Lipinski definition) is 3. The fourth-order valence-corrected chi connectivity index (χ4v) is 3.14. The lowest BCUT2D eigenvalue weighted by molar-refractivity contribution is 0.373. The van der Waals surface area contributed by atoms with Crippen LogP contribution in [-0.2, 0) is 0 Å². The lowest BCUT2D eigenvalue weighted by Gasteiger charge is -2.23. The number of benzene rings is 2. The molecule has 1 aliphatic rings. The molecule has 1 fully saturated rings. The molecule has 3 N–H and O–H groups in total. The van der Waals surface area contributed by atoms with Gasteiger partial charge in [-0.25, -0.2) is 0 Å². The van der Waals surface area contributed by atoms with Gasteiger partial charge in [0.2, 0.25) is 0 Å². The van der Waals surface area contributed by atoms with Gasteiger partial charge >= 0.3 is 0 Å². The van der Waals surface area contributed by atoms with E-state index in [1.54, 1.807) is 6.07 Å². The molecule has 1 aliphatic carbocycles. The van der Waals surface area contributed by atoms with E-state index in [-0.39, 0.29) is 11.5 Å². The van der Waals surface area contributed by atoms with Gasteiger partial charge in [-0.05, 0) is 18.8 Å². The summed E-state index contributed by atoms with van der Waals surface area (Å²) in [5.74, 6) is 0.622. The van der Waals surface area contributed by atoms with Crippen molar-refractivity contribution in [3.8, 4) is 11.5 Å². The third-order valence-corrected chi connectivity index (χ3v) is 4.30. The van der Waals surface area contributed by atoms with Crippen molar-refractivity contribution in [3.05, 3.63) is 30.3 Å². The van der Waals surface area contributed by atoms with Crippen LogP contribution in [0.15, 0.2) is 30.3 Å². The van der Waals surface area contributed by atoms with Gasteiger partial charge in [0.15, 0.2) is 11.5 Å². The molecule has 0 atom stereocenters. The molecule has 3 heteroatoms. The number of anilines is 1. The van der Waals surface area contributed by atoms with E-state index in [9.17, 15) is 10.2 Å². The second-order valence-corrected chi connectivity index (χ2v) is 5.72. The summed E-state index contributed by atoms with van der Waals surface area (Å²) in [6, 6.07) is 9.24. The van der Waals surface area contributed by atoms with E-state index in [0.717, 1.165) is 23.5 Å². The van der Waals surface area contributed by atoms with Gasteiger partial charge in [0.05, 0.1) is 0 Å².